The first-order valence-electron chi connectivity index (χ1n) is 8.57. The minimum Gasteiger partial charge on any atom is -0.497 e. The number of benzene rings is 2. The molecular formula is C20H26N2O3. The normalized spacial score (nSPS) is 16.3. The predicted molar refractivity (Wildman–Crippen MR) is 98.8 cm³/mol. The fraction of sp³-hybridized carbons (Fsp3) is 0.400. The van der Waals surface area contributed by atoms with Gasteiger partial charge in [-0.1, -0.05) is 18.2 Å². The van der Waals surface area contributed by atoms with Crippen LogP contribution >= 0.6 is 0 Å². The van der Waals surface area contributed by atoms with E-state index < -0.39 is 0 Å². The molecule has 0 saturated carbocycles. The first-order chi connectivity index (χ1) is 12.3. The second kappa shape index (κ2) is 8.23. The third-order valence-corrected chi connectivity index (χ3v) is 4.67. The van der Waals surface area contributed by atoms with Crippen LogP contribution in [0, 0.1) is 0 Å². The van der Waals surface area contributed by atoms with E-state index in [4.69, 9.17) is 14.2 Å². The highest BCUT2D eigenvalue weighted by Gasteiger charge is 2.25. The molecule has 1 aliphatic rings. The summed E-state index contributed by atoms with van der Waals surface area (Å²) in [7, 11) is 5.03. The van der Waals surface area contributed by atoms with Gasteiger partial charge in [-0.25, -0.2) is 0 Å². The smallest absolute Gasteiger partial charge is 0.161 e. The van der Waals surface area contributed by atoms with Gasteiger partial charge in [0.1, 0.15) is 5.75 Å². The molecule has 1 aliphatic heterocycles. The summed E-state index contributed by atoms with van der Waals surface area (Å²) in [6, 6.07) is 14.7. The maximum atomic E-state index is 5.51. The average molecular weight is 342 g/mol. The maximum absolute atomic E-state index is 5.51. The minimum atomic E-state index is 0.174. The fourth-order valence-corrected chi connectivity index (χ4v) is 3.36. The molecule has 0 amide bonds. The van der Waals surface area contributed by atoms with Gasteiger partial charge in [0, 0.05) is 26.2 Å². The zero-order valence-electron chi connectivity index (χ0n) is 15.1. The van der Waals surface area contributed by atoms with Gasteiger partial charge >= 0.3 is 0 Å². The fourth-order valence-electron chi connectivity index (χ4n) is 3.36. The van der Waals surface area contributed by atoms with Gasteiger partial charge in [-0.2, -0.15) is 0 Å². The quantitative estimate of drug-likeness (QED) is 0.874. The number of nitrogens with zero attached hydrogens (tertiary/aromatic N) is 1. The van der Waals surface area contributed by atoms with Crippen LogP contribution in [0.3, 0.4) is 0 Å². The molecule has 2 aromatic carbocycles. The summed E-state index contributed by atoms with van der Waals surface area (Å²) in [5.41, 5.74) is 2.44. The Labute approximate surface area is 149 Å². The van der Waals surface area contributed by atoms with Crippen LogP contribution in [0.2, 0.25) is 0 Å². The molecule has 0 aliphatic carbocycles. The monoisotopic (exact) mass is 342 g/mol. The van der Waals surface area contributed by atoms with E-state index in [0.717, 1.165) is 43.4 Å². The van der Waals surface area contributed by atoms with Gasteiger partial charge in [0.15, 0.2) is 11.5 Å². The van der Waals surface area contributed by atoms with E-state index in [1.807, 2.05) is 18.2 Å². The first-order valence-corrected chi connectivity index (χ1v) is 8.57. The van der Waals surface area contributed by atoms with Crippen molar-refractivity contribution in [2.45, 2.75) is 6.04 Å². The van der Waals surface area contributed by atoms with Crippen molar-refractivity contribution in [1.29, 1.82) is 0 Å². The van der Waals surface area contributed by atoms with Gasteiger partial charge in [-0.3, -0.25) is 4.90 Å². The molecule has 0 bridgehead atoms. The molecule has 0 spiro atoms. The van der Waals surface area contributed by atoms with Gasteiger partial charge in [0.05, 0.1) is 27.4 Å². The van der Waals surface area contributed by atoms with Crippen molar-refractivity contribution in [2.24, 2.45) is 0 Å². The van der Waals surface area contributed by atoms with E-state index in [0.29, 0.717) is 0 Å². The Morgan fingerprint density at radius 2 is 1.44 bits per heavy atom. The summed E-state index contributed by atoms with van der Waals surface area (Å²) < 4.78 is 16.2. The number of hydrogen-bond acceptors (Lipinski definition) is 5. The van der Waals surface area contributed by atoms with E-state index in [2.05, 4.69) is 34.5 Å². The highest BCUT2D eigenvalue weighted by atomic mass is 16.5. The molecule has 1 fully saturated rings. The Bertz CT molecular complexity index is 682. The van der Waals surface area contributed by atoms with Crippen LogP contribution in [0.15, 0.2) is 42.5 Å². The second-order valence-electron chi connectivity index (χ2n) is 6.08. The lowest BCUT2D eigenvalue weighted by Crippen LogP contribution is -2.45. The number of piperazine rings is 1. The molecule has 134 valence electrons. The summed E-state index contributed by atoms with van der Waals surface area (Å²) in [6.07, 6.45) is 0. The molecule has 1 heterocycles. The van der Waals surface area contributed by atoms with Crippen molar-refractivity contribution in [3.8, 4) is 17.2 Å². The van der Waals surface area contributed by atoms with E-state index in [1.165, 1.54) is 11.1 Å². The summed E-state index contributed by atoms with van der Waals surface area (Å²) in [5, 5.41) is 3.43. The van der Waals surface area contributed by atoms with Gasteiger partial charge < -0.3 is 19.5 Å². The SMILES string of the molecule is COc1ccc(C(c2ccc(OC)c(OC)c2)N2CCNCC2)cc1. The van der Waals surface area contributed by atoms with Gasteiger partial charge in [0.25, 0.3) is 0 Å². The Balaban J connectivity index is 2.00. The lowest BCUT2D eigenvalue weighted by Gasteiger charge is -2.35. The van der Waals surface area contributed by atoms with Crippen LogP contribution < -0.4 is 19.5 Å². The maximum Gasteiger partial charge on any atom is 0.161 e. The van der Waals surface area contributed by atoms with Crippen LogP contribution in [0.1, 0.15) is 17.2 Å². The molecule has 2 aromatic rings. The summed E-state index contributed by atoms with van der Waals surface area (Å²) >= 11 is 0. The van der Waals surface area contributed by atoms with Crippen molar-refractivity contribution in [1.82, 2.24) is 10.2 Å². The van der Waals surface area contributed by atoms with Crippen LogP contribution in [0.4, 0.5) is 0 Å². The van der Waals surface area contributed by atoms with Crippen molar-refractivity contribution in [3.05, 3.63) is 53.6 Å². The number of ether oxygens (including phenoxy) is 3. The summed E-state index contributed by atoms with van der Waals surface area (Å²) in [6.45, 7) is 4.01. The summed E-state index contributed by atoms with van der Waals surface area (Å²) in [4.78, 5) is 2.50. The molecular weight excluding hydrogens is 316 g/mol. The third-order valence-electron chi connectivity index (χ3n) is 4.67. The van der Waals surface area contributed by atoms with Crippen molar-refractivity contribution < 1.29 is 14.2 Å². The van der Waals surface area contributed by atoms with Crippen LogP contribution in [-0.4, -0.2) is 52.4 Å². The molecule has 1 atom stereocenters. The molecule has 5 heteroatoms. The van der Waals surface area contributed by atoms with Crippen LogP contribution in [0.25, 0.3) is 0 Å². The molecule has 25 heavy (non-hydrogen) atoms. The largest absolute Gasteiger partial charge is 0.497 e. The van der Waals surface area contributed by atoms with Crippen LogP contribution in [0.5, 0.6) is 17.2 Å². The molecule has 3 rings (SSSR count). The van der Waals surface area contributed by atoms with Crippen LogP contribution in [-0.2, 0) is 0 Å². The molecule has 1 saturated heterocycles. The molecule has 0 aromatic heterocycles. The van der Waals surface area contributed by atoms with E-state index in [9.17, 15) is 0 Å². The minimum absolute atomic E-state index is 0.174. The zero-order valence-corrected chi connectivity index (χ0v) is 15.1. The number of nitrogens with one attached hydrogen (secondary N) is 1. The van der Waals surface area contributed by atoms with E-state index in [1.54, 1.807) is 21.3 Å². The molecule has 0 radical (unpaired) electrons. The average Bonchev–Trinajstić information content (AvgIpc) is 2.69. The Morgan fingerprint density at radius 3 is 2.04 bits per heavy atom. The first kappa shape index (κ1) is 17.6. The summed E-state index contributed by atoms with van der Waals surface area (Å²) in [5.74, 6) is 2.38. The van der Waals surface area contributed by atoms with Crippen molar-refractivity contribution in [3.63, 3.8) is 0 Å². The number of hydrogen-bond donors (Lipinski definition) is 1. The topological polar surface area (TPSA) is 43.0 Å². The highest BCUT2D eigenvalue weighted by Crippen LogP contribution is 2.35. The number of methoxy groups -OCH3 is 3. The second-order valence-corrected chi connectivity index (χ2v) is 6.08. The van der Waals surface area contributed by atoms with Gasteiger partial charge in [-0.05, 0) is 35.4 Å². The Morgan fingerprint density at radius 1 is 0.800 bits per heavy atom. The third kappa shape index (κ3) is 3.89. The Hall–Kier alpha value is -2.24. The van der Waals surface area contributed by atoms with E-state index >= 15 is 0 Å². The zero-order chi connectivity index (χ0) is 17.6. The van der Waals surface area contributed by atoms with Gasteiger partial charge in [-0.15, -0.1) is 0 Å². The highest BCUT2D eigenvalue weighted by molar-refractivity contribution is 5.46. The van der Waals surface area contributed by atoms with Gasteiger partial charge in [0.2, 0.25) is 0 Å². The Kier molecular flexibility index (Phi) is 5.79. The van der Waals surface area contributed by atoms with Crippen molar-refractivity contribution >= 4 is 0 Å². The lowest BCUT2D eigenvalue weighted by molar-refractivity contribution is 0.198. The predicted octanol–water partition coefficient (Wildman–Crippen LogP) is 2.71. The molecule has 1 N–H and O–H groups in total. The molecule has 5 nitrogen and oxygen atoms in total. The standard InChI is InChI=1S/C20H26N2O3/c1-23-17-7-4-15(5-8-17)20(22-12-10-21-11-13-22)16-6-9-18(24-2)19(14-16)25-3/h4-9,14,20-21H,10-13H2,1-3H3. The lowest BCUT2D eigenvalue weighted by atomic mass is 9.96. The molecule has 1 unspecified atom stereocenters. The number of rotatable bonds is 6. The van der Waals surface area contributed by atoms with E-state index in [-0.39, 0.29) is 6.04 Å². The van der Waals surface area contributed by atoms with Crippen molar-refractivity contribution in [2.75, 3.05) is 47.5 Å².